The van der Waals surface area contributed by atoms with E-state index in [1.165, 1.54) is 11.8 Å². The maximum absolute atomic E-state index is 11.9. The van der Waals surface area contributed by atoms with Gasteiger partial charge in [-0.1, -0.05) is 0 Å². The minimum atomic E-state index is -2.86. The Morgan fingerprint density at radius 1 is 1.39 bits per heavy atom. The molecule has 2 fully saturated rings. The monoisotopic (exact) mass is 293 g/mol. The average Bonchev–Trinajstić information content (AvgIpc) is 2.66. The number of rotatable bonds is 3. The minimum Gasteiger partial charge on any atom is -0.391 e. The summed E-state index contributed by atoms with van der Waals surface area (Å²) in [6, 6.07) is 0. The van der Waals surface area contributed by atoms with Crippen molar-refractivity contribution < 1.29 is 18.3 Å². The topological polar surface area (TPSA) is 74.7 Å². The zero-order valence-corrected chi connectivity index (χ0v) is 11.9. The first-order valence-corrected chi connectivity index (χ1v) is 9.11. The lowest BCUT2D eigenvalue weighted by molar-refractivity contribution is -0.131. The number of sulfone groups is 1. The van der Waals surface area contributed by atoms with Crippen LogP contribution in [0.1, 0.15) is 19.3 Å². The molecule has 0 aromatic rings. The smallest absolute Gasteiger partial charge is 0.232 e. The van der Waals surface area contributed by atoms with E-state index in [2.05, 4.69) is 0 Å². The van der Waals surface area contributed by atoms with Crippen molar-refractivity contribution in [2.24, 2.45) is 0 Å². The van der Waals surface area contributed by atoms with Gasteiger partial charge in [-0.25, -0.2) is 8.42 Å². The molecule has 2 aliphatic heterocycles. The third kappa shape index (κ3) is 3.86. The standard InChI is InChI=1S/C11H19NO4S2/c13-9-2-1-4-12(6-9)11(14)7-17-10-3-5-18(15,16)8-10/h9-10,13H,1-8H2/t9-,10?/m0/s1. The van der Waals surface area contributed by atoms with Crippen LogP contribution in [-0.4, -0.2) is 66.0 Å². The first kappa shape index (κ1) is 14.1. The van der Waals surface area contributed by atoms with Crippen LogP contribution in [0.5, 0.6) is 0 Å². The van der Waals surface area contributed by atoms with Crippen LogP contribution in [-0.2, 0) is 14.6 Å². The van der Waals surface area contributed by atoms with Gasteiger partial charge in [0.05, 0.1) is 23.4 Å². The van der Waals surface area contributed by atoms with Gasteiger partial charge < -0.3 is 10.0 Å². The van der Waals surface area contributed by atoms with Crippen molar-refractivity contribution in [1.82, 2.24) is 4.90 Å². The first-order chi connectivity index (χ1) is 8.46. The van der Waals surface area contributed by atoms with Gasteiger partial charge in [0.2, 0.25) is 5.91 Å². The molecule has 0 radical (unpaired) electrons. The van der Waals surface area contributed by atoms with Gasteiger partial charge >= 0.3 is 0 Å². The van der Waals surface area contributed by atoms with Crippen molar-refractivity contribution >= 4 is 27.5 Å². The van der Waals surface area contributed by atoms with Crippen LogP contribution in [0.2, 0.25) is 0 Å². The number of carbonyl (C=O) groups is 1. The molecular formula is C11H19NO4S2. The minimum absolute atomic E-state index is 0.0167. The molecule has 7 heteroatoms. The number of piperidine rings is 1. The quantitative estimate of drug-likeness (QED) is 0.786. The van der Waals surface area contributed by atoms with Gasteiger partial charge in [-0.05, 0) is 19.3 Å². The van der Waals surface area contributed by atoms with Gasteiger partial charge in [0, 0.05) is 18.3 Å². The number of hydrogen-bond donors (Lipinski definition) is 1. The van der Waals surface area contributed by atoms with Crippen molar-refractivity contribution in [3.8, 4) is 0 Å². The van der Waals surface area contributed by atoms with Crippen LogP contribution in [0.4, 0.5) is 0 Å². The average molecular weight is 293 g/mol. The van der Waals surface area contributed by atoms with Gasteiger partial charge in [0.1, 0.15) is 0 Å². The third-order valence-corrected chi connectivity index (χ3v) is 6.65. The van der Waals surface area contributed by atoms with Crippen molar-refractivity contribution in [3.63, 3.8) is 0 Å². The zero-order chi connectivity index (χ0) is 13.2. The molecule has 5 nitrogen and oxygen atoms in total. The Bertz CT molecular complexity index is 409. The summed E-state index contributed by atoms with van der Waals surface area (Å²) in [5, 5.41) is 9.56. The molecular weight excluding hydrogens is 274 g/mol. The normalized spacial score (nSPS) is 31.5. The lowest BCUT2D eigenvalue weighted by Gasteiger charge is -2.30. The fourth-order valence-electron chi connectivity index (χ4n) is 2.35. The summed E-state index contributed by atoms with van der Waals surface area (Å²) < 4.78 is 22.6. The molecule has 2 atom stereocenters. The lowest BCUT2D eigenvalue weighted by Crippen LogP contribution is -2.43. The number of aliphatic hydroxyl groups is 1. The molecule has 2 saturated heterocycles. The van der Waals surface area contributed by atoms with Crippen molar-refractivity contribution in [2.45, 2.75) is 30.6 Å². The maximum atomic E-state index is 11.9. The van der Waals surface area contributed by atoms with E-state index < -0.39 is 15.9 Å². The fraction of sp³-hybridized carbons (Fsp3) is 0.909. The van der Waals surface area contributed by atoms with E-state index in [4.69, 9.17) is 0 Å². The fourth-order valence-corrected chi connectivity index (χ4v) is 5.90. The van der Waals surface area contributed by atoms with Crippen LogP contribution >= 0.6 is 11.8 Å². The molecule has 0 spiro atoms. The van der Waals surface area contributed by atoms with Gasteiger partial charge in [0.15, 0.2) is 9.84 Å². The number of likely N-dealkylation sites (tertiary alicyclic amines) is 1. The predicted molar refractivity (Wildman–Crippen MR) is 71.3 cm³/mol. The van der Waals surface area contributed by atoms with Gasteiger partial charge in [-0.3, -0.25) is 4.79 Å². The summed E-state index contributed by atoms with van der Waals surface area (Å²) in [5.74, 6) is 0.796. The summed E-state index contributed by atoms with van der Waals surface area (Å²) in [6.45, 7) is 1.13. The largest absolute Gasteiger partial charge is 0.391 e. The molecule has 1 amide bonds. The molecule has 1 N–H and O–H groups in total. The Kier molecular flexibility index (Phi) is 4.55. The highest BCUT2D eigenvalue weighted by molar-refractivity contribution is 8.02. The number of aliphatic hydroxyl groups excluding tert-OH is 1. The number of β-amino-alcohol motifs (C(OH)–C–C–N with tert-alkyl or cyclic N) is 1. The number of nitrogens with zero attached hydrogens (tertiary/aromatic N) is 1. The molecule has 0 saturated carbocycles. The Labute approximate surface area is 112 Å². The number of thioether (sulfide) groups is 1. The summed E-state index contributed by atoms with van der Waals surface area (Å²) in [4.78, 5) is 13.6. The maximum Gasteiger partial charge on any atom is 0.232 e. The molecule has 0 aromatic heterocycles. The number of amides is 1. The summed E-state index contributed by atoms with van der Waals surface area (Å²) in [5.41, 5.74) is 0. The van der Waals surface area contributed by atoms with Crippen LogP contribution in [0, 0.1) is 0 Å². The highest BCUT2D eigenvalue weighted by Crippen LogP contribution is 2.24. The highest BCUT2D eigenvalue weighted by atomic mass is 32.2. The lowest BCUT2D eigenvalue weighted by atomic mass is 10.1. The van der Waals surface area contributed by atoms with Crippen LogP contribution < -0.4 is 0 Å². The SMILES string of the molecule is O=C(CSC1CCS(=O)(=O)C1)N1CCC[C@H](O)C1. The van der Waals surface area contributed by atoms with Crippen molar-refractivity contribution in [3.05, 3.63) is 0 Å². The molecule has 2 rings (SSSR count). The molecule has 2 heterocycles. The van der Waals surface area contributed by atoms with E-state index in [-0.39, 0.29) is 22.7 Å². The Morgan fingerprint density at radius 2 is 2.17 bits per heavy atom. The van der Waals surface area contributed by atoms with Crippen LogP contribution in [0.25, 0.3) is 0 Å². The summed E-state index contributed by atoms with van der Waals surface area (Å²) >= 11 is 1.44. The van der Waals surface area contributed by atoms with E-state index in [1.807, 2.05) is 0 Å². The zero-order valence-electron chi connectivity index (χ0n) is 10.2. The van der Waals surface area contributed by atoms with E-state index in [9.17, 15) is 18.3 Å². The highest BCUT2D eigenvalue weighted by Gasteiger charge is 2.29. The molecule has 0 aromatic carbocycles. The molecule has 0 bridgehead atoms. The molecule has 1 unspecified atom stereocenters. The number of hydrogen-bond acceptors (Lipinski definition) is 5. The second-order valence-corrected chi connectivity index (χ2v) is 8.49. The predicted octanol–water partition coefficient (Wildman–Crippen LogP) is -0.110. The second kappa shape index (κ2) is 5.79. The summed E-state index contributed by atoms with van der Waals surface area (Å²) in [7, 11) is -2.86. The van der Waals surface area contributed by atoms with E-state index in [1.54, 1.807) is 4.90 Å². The van der Waals surface area contributed by atoms with E-state index >= 15 is 0 Å². The van der Waals surface area contributed by atoms with Crippen LogP contribution in [0.3, 0.4) is 0 Å². The van der Waals surface area contributed by atoms with E-state index in [0.717, 1.165) is 12.8 Å². The molecule has 2 aliphatic rings. The second-order valence-electron chi connectivity index (χ2n) is 4.97. The molecule has 18 heavy (non-hydrogen) atoms. The van der Waals surface area contributed by atoms with Gasteiger partial charge in [0.25, 0.3) is 0 Å². The van der Waals surface area contributed by atoms with E-state index in [0.29, 0.717) is 25.3 Å². The van der Waals surface area contributed by atoms with Gasteiger partial charge in [-0.2, -0.15) is 0 Å². The Hall–Kier alpha value is -0.270. The summed E-state index contributed by atoms with van der Waals surface area (Å²) in [6.07, 6.45) is 1.86. The molecule has 0 aliphatic carbocycles. The first-order valence-electron chi connectivity index (χ1n) is 6.24. The van der Waals surface area contributed by atoms with Crippen LogP contribution in [0.15, 0.2) is 0 Å². The van der Waals surface area contributed by atoms with Crippen molar-refractivity contribution in [2.75, 3.05) is 30.3 Å². The molecule has 104 valence electrons. The number of carbonyl (C=O) groups excluding carboxylic acids is 1. The Balaban J connectivity index is 1.75. The Morgan fingerprint density at radius 3 is 2.78 bits per heavy atom. The van der Waals surface area contributed by atoms with Crippen molar-refractivity contribution in [1.29, 1.82) is 0 Å². The third-order valence-electron chi connectivity index (χ3n) is 3.38. The van der Waals surface area contributed by atoms with Gasteiger partial charge in [-0.15, -0.1) is 11.8 Å².